The number of hydrogen-bond acceptors (Lipinski definition) is 2. The van der Waals surface area contributed by atoms with Gasteiger partial charge in [0.25, 0.3) is 0 Å². The molecule has 0 aliphatic rings. The van der Waals surface area contributed by atoms with E-state index in [1.165, 1.54) is 11.1 Å². The second-order valence-electron chi connectivity index (χ2n) is 7.34. The molecular formula is C19H33NO. The van der Waals surface area contributed by atoms with Gasteiger partial charge >= 0.3 is 0 Å². The highest BCUT2D eigenvalue weighted by molar-refractivity contribution is 5.29. The van der Waals surface area contributed by atoms with Gasteiger partial charge in [0.2, 0.25) is 0 Å². The van der Waals surface area contributed by atoms with Crippen LogP contribution in [0.1, 0.15) is 71.6 Å². The second-order valence-corrected chi connectivity index (χ2v) is 7.34. The summed E-state index contributed by atoms with van der Waals surface area (Å²) in [4.78, 5) is 0. The van der Waals surface area contributed by atoms with Crippen molar-refractivity contribution in [3.05, 3.63) is 35.4 Å². The zero-order valence-electron chi connectivity index (χ0n) is 14.7. The normalized spacial score (nSPS) is 14.2. The number of rotatable bonds is 7. The molecule has 0 fully saturated rings. The van der Waals surface area contributed by atoms with E-state index in [0.29, 0.717) is 6.04 Å². The van der Waals surface area contributed by atoms with Crippen LogP contribution >= 0.6 is 0 Å². The fourth-order valence-electron chi connectivity index (χ4n) is 2.54. The summed E-state index contributed by atoms with van der Waals surface area (Å²) in [7, 11) is 0. The van der Waals surface area contributed by atoms with E-state index in [-0.39, 0.29) is 17.4 Å². The van der Waals surface area contributed by atoms with Crippen LogP contribution in [0.5, 0.6) is 0 Å². The summed E-state index contributed by atoms with van der Waals surface area (Å²) in [6.07, 6.45) is 2.01. The second kappa shape index (κ2) is 7.42. The van der Waals surface area contributed by atoms with Gasteiger partial charge in [-0.25, -0.2) is 0 Å². The van der Waals surface area contributed by atoms with Crippen LogP contribution in [0.3, 0.4) is 0 Å². The highest BCUT2D eigenvalue weighted by atomic mass is 16.3. The standard InChI is InChI=1S/C19H33NO/c1-7-19(8-2,14-21)13-20-15(3)16-9-11-17(12-10-16)18(4,5)6/h9-12,15,20-21H,7-8,13-14H2,1-6H3. The number of benzene rings is 1. The molecule has 21 heavy (non-hydrogen) atoms. The molecule has 0 spiro atoms. The third-order valence-corrected chi connectivity index (χ3v) is 4.90. The predicted octanol–water partition coefficient (Wildman–Crippen LogP) is 4.43. The van der Waals surface area contributed by atoms with Crippen molar-refractivity contribution in [2.75, 3.05) is 13.2 Å². The van der Waals surface area contributed by atoms with Gasteiger partial charge in [-0.05, 0) is 36.3 Å². The Hall–Kier alpha value is -0.860. The van der Waals surface area contributed by atoms with E-state index < -0.39 is 0 Å². The zero-order chi connectivity index (χ0) is 16.1. The Morgan fingerprint density at radius 3 is 1.95 bits per heavy atom. The molecule has 0 heterocycles. The van der Waals surface area contributed by atoms with E-state index in [9.17, 15) is 5.11 Å². The lowest BCUT2D eigenvalue weighted by Gasteiger charge is -2.31. The average molecular weight is 291 g/mol. The van der Waals surface area contributed by atoms with Crippen molar-refractivity contribution in [1.82, 2.24) is 5.32 Å². The van der Waals surface area contributed by atoms with Crippen LogP contribution in [0, 0.1) is 5.41 Å². The number of aliphatic hydroxyl groups excluding tert-OH is 1. The zero-order valence-corrected chi connectivity index (χ0v) is 14.7. The van der Waals surface area contributed by atoms with Crippen LogP contribution in [-0.2, 0) is 5.41 Å². The van der Waals surface area contributed by atoms with Crippen molar-refractivity contribution in [3.8, 4) is 0 Å². The molecule has 1 atom stereocenters. The van der Waals surface area contributed by atoms with Crippen LogP contribution in [0.15, 0.2) is 24.3 Å². The number of aliphatic hydroxyl groups is 1. The van der Waals surface area contributed by atoms with Gasteiger partial charge in [0, 0.05) is 24.6 Å². The smallest absolute Gasteiger partial charge is 0.0499 e. The first-order chi connectivity index (χ1) is 9.78. The first kappa shape index (κ1) is 18.2. The molecule has 1 aromatic carbocycles. The third-order valence-electron chi connectivity index (χ3n) is 4.90. The lowest BCUT2D eigenvalue weighted by molar-refractivity contribution is 0.110. The molecule has 1 unspecified atom stereocenters. The summed E-state index contributed by atoms with van der Waals surface area (Å²) >= 11 is 0. The van der Waals surface area contributed by atoms with E-state index in [1.807, 2.05) is 0 Å². The summed E-state index contributed by atoms with van der Waals surface area (Å²) in [5.74, 6) is 0. The molecule has 120 valence electrons. The number of hydrogen-bond donors (Lipinski definition) is 2. The quantitative estimate of drug-likeness (QED) is 0.778. The first-order valence-electron chi connectivity index (χ1n) is 8.22. The molecule has 0 saturated carbocycles. The van der Waals surface area contributed by atoms with E-state index in [0.717, 1.165) is 19.4 Å². The van der Waals surface area contributed by atoms with E-state index in [4.69, 9.17) is 0 Å². The largest absolute Gasteiger partial charge is 0.396 e. The van der Waals surface area contributed by atoms with Crippen molar-refractivity contribution in [1.29, 1.82) is 0 Å². The van der Waals surface area contributed by atoms with Crippen molar-refractivity contribution < 1.29 is 5.11 Å². The summed E-state index contributed by atoms with van der Waals surface area (Å²) < 4.78 is 0. The molecule has 0 aliphatic carbocycles. The Balaban J connectivity index is 2.70. The first-order valence-corrected chi connectivity index (χ1v) is 8.22. The van der Waals surface area contributed by atoms with Crippen molar-refractivity contribution in [3.63, 3.8) is 0 Å². The molecule has 2 heteroatoms. The van der Waals surface area contributed by atoms with Gasteiger partial charge in [-0.1, -0.05) is 58.9 Å². The molecule has 0 bridgehead atoms. The Kier molecular flexibility index (Phi) is 6.42. The Morgan fingerprint density at radius 2 is 1.57 bits per heavy atom. The molecule has 2 nitrogen and oxygen atoms in total. The maximum atomic E-state index is 9.65. The number of nitrogens with one attached hydrogen (secondary N) is 1. The van der Waals surface area contributed by atoms with Crippen molar-refractivity contribution >= 4 is 0 Å². The van der Waals surface area contributed by atoms with Gasteiger partial charge in [0.15, 0.2) is 0 Å². The van der Waals surface area contributed by atoms with Crippen LogP contribution in [-0.4, -0.2) is 18.3 Å². The van der Waals surface area contributed by atoms with Gasteiger partial charge in [0.1, 0.15) is 0 Å². The topological polar surface area (TPSA) is 32.3 Å². The van der Waals surface area contributed by atoms with Crippen LogP contribution < -0.4 is 5.32 Å². The third kappa shape index (κ3) is 4.82. The van der Waals surface area contributed by atoms with Crippen LogP contribution in [0.4, 0.5) is 0 Å². The summed E-state index contributed by atoms with van der Waals surface area (Å²) in [6, 6.07) is 9.20. The van der Waals surface area contributed by atoms with Gasteiger partial charge in [-0.15, -0.1) is 0 Å². The fourth-order valence-corrected chi connectivity index (χ4v) is 2.54. The molecule has 1 rings (SSSR count). The lowest BCUT2D eigenvalue weighted by atomic mass is 9.83. The van der Waals surface area contributed by atoms with Gasteiger partial charge in [-0.3, -0.25) is 0 Å². The average Bonchev–Trinajstić information content (AvgIpc) is 2.48. The van der Waals surface area contributed by atoms with E-state index >= 15 is 0 Å². The molecule has 0 saturated heterocycles. The molecule has 2 N–H and O–H groups in total. The summed E-state index contributed by atoms with van der Waals surface area (Å²) in [6.45, 7) is 14.3. The van der Waals surface area contributed by atoms with Crippen LogP contribution in [0.25, 0.3) is 0 Å². The van der Waals surface area contributed by atoms with E-state index in [1.54, 1.807) is 0 Å². The molecule has 0 radical (unpaired) electrons. The van der Waals surface area contributed by atoms with Gasteiger partial charge < -0.3 is 10.4 Å². The Morgan fingerprint density at radius 1 is 1.05 bits per heavy atom. The Labute approximate surface area is 131 Å². The molecule has 0 aromatic heterocycles. The molecule has 0 aliphatic heterocycles. The van der Waals surface area contributed by atoms with Gasteiger partial charge in [-0.2, -0.15) is 0 Å². The maximum absolute atomic E-state index is 9.65. The Bertz CT molecular complexity index is 404. The molecule has 1 aromatic rings. The minimum Gasteiger partial charge on any atom is -0.396 e. The molecular weight excluding hydrogens is 258 g/mol. The monoisotopic (exact) mass is 291 g/mol. The lowest BCUT2D eigenvalue weighted by Crippen LogP contribution is -2.37. The maximum Gasteiger partial charge on any atom is 0.0499 e. The highest BCUT2D eigenvalue weighted by Crippen LogP contribution is 2.27. The minimum absolute atomic E-state index is 0.0135. The van der Waals surface area contributed by atoms with Gasteiger partial charge in [0.05, 0.1) is 0 Å². The molecule has 0 amide bonds. The summed E-state index contributed by atoms with van der Waals surface area (Å²) in [5.41, 5.74) is 2.89. The minimum atomic E-state index is 0.0135. The fraction of sp³-hybridized carbons (Fsp3) is 0.684. The highest BCUT2D eigenvalue weighted by Gasteiger charge is 2.25. The summed E-state index contributed by atoms with van der Waals surface area (Å²) in [5, 5.41) is 13.2. The van der Waals surface area contributed by atoms with E-state index in [2.05, 4.69) is 71.1 Å². The van der Waals surface area contributed by atoms with Crippen LogP contribution in [0.2, 0.25) is 0 Å². The SMILES string of the molecule is CCC(CC)(CO)CNC(C)c1ccc(C(C)(C)C)cc1. The van der Waals surface area contributed by atoms with Crippen molar-refractivity contribution in [2.45, 2.75) is 65.8 Å². The van der Waals surface area contributed by atoms with Crippen molar-refractivity contribution in [2.24, 2.45) is 5.41 Å². The predicted molar refractivity (Wildman–Crippen MR) is 91.7 cm³/mol.